The first kappa shape index (κ1) is 17.0. The highest BCUT2D eigenvalue weighted by molar-refractivity contribution is 5.76. The number of carbonyl (C=O) groups excluding carboxylic acids is 1. The first-order chi connectivity index (χ1) is 10.7. The molecule has 1 aliphatic heterocycles. The van der Waals surface area contributed by atoms with E-state index in [0.717, 1.165) is 38.8 Å². The average Bonchev–Trinajstić information content (AvgIpc) is 2.52. The summed E-state index contributed by atoms with van der Waals surface area (Å²) >= 11 is 0. The standard InChI is InChI=1S/C18H28N2O2/c1-15-14-17(9-11-19-15)20-18(21)8-5-12-22-13-10-16-6-3-2-4-7-16/h2-4,6-7,15,17,19H,5,8-14H2,1H3,(H,20,21). The molecule has 2 unspecified atom stereocenters. The van der Waals surface area contributed by atoms with Gasteiger partial charge in [0.1, 0.15) is 0 Å². The fourth-order valence-corrected chi connectivity index (χ4v) is 2.83. The van der Waals surface area contributed by atoms with Crippen LogP contribution in [-0.4, -0.2) is 37.7 Å². The van der Waals surface area contributed by atoms with E-state index in [-0.39, 0.29) is 5.91 Å². The number of benzene rings is 1. The Morgan fingerprint density at radius 1 is 1.32 bits per heavy atom. The molecular formula is C18H28N2O2. The van der Waals surface area contributed by atoms with Gasteiger partial charge in [-0.2, -0.15) is 0 Å². The van der Waals surface area contributed by atoms with Crippen LogP contribution >= 0.6 is 0 Å². The van der Waals surface area contributed by atoms with Crippen LogP contribution in [0.25, 0.3) is 0 Å². The third-order valence-electron chi connectivity index (χ3n) is 4.06. The number of hydrogen-bond donors (Lipinski definition) is 2. The molecule has 4 nitrogen and oxygen atoms in total. The van der Waals surface area contributed by atoms with Crippen LogP contribution in [0.1, 0.15) is 38.2 Å². The highest BCUT2D eigenvalue weighted by Gasteiger charge is 2.19. The van der Waals surface area contributed by atoms with Crippen LogP contribution < -0.4 is 10.6 Å². The smallest absolute Gasteiger partial charge is 0.220 e. The van der Waals surface area contributed by atoms with Crippen molar-refractivity contribution in [2.45, 2.75) is 51.1 Å². The van der Waals surface area contributed by atoms with Crippen LogP contribution in [0.3, 0.4) is 0 Å². The van der Waals surface area contributed by atoms with Gasteiger partial charge in [-0.3, -0.25) is 4.79 Å². The number of amides is 1. The molecule has 1 aromatic carbocycles. The van der Waals surface area contributed by atoms with E-state index in [1.165, 1.54) is 5.56 Å². The SMILES string of the molecule is CC1CC(NC(=O)CCCOCCc2ccccc2)CCN1. The van der Waals surface area contributed by atoms with Crippen LogP contribution in [0.5, 0.6) is 0 Å². The van der Waals surface area contributed by atoms with Crippen molar-refractivity contribution in [2.24, 2.45) is 0 Å². The molecule has 0 spiro atoms. The molecule has 1 aliphatic rings. The fraction of sp³-hybridized carbons (Fsp3) is 0.611. The predicted molar refractivity (Wildman–Crippen MR) is 88.8 cm³/mol. The average molecular weight is 304 g/mol. The maximum atomic E-state index is 11.9. The van der Waals surface area contributed by atoms with Gasteiger partial charge in [0.25, 0.3) is 0 Å². The molecule has 0 saturated carbocycles. The Hall–Kier alpha value is -1.39. The minimum Gasteiger partial charge on any atom is -0.381 e. The Balaban J connectivity index is 1.48. The topological polar surface area (TPSA) is 50.4 Å². The fourth-order valence-electron chi connectivity index (χ4n) is 2.83. The predicted octanol–water partition coefficient (Wildman–Crippen LogP) is 2.28. The molecule has 0 aromatic heterocycles. The summed E-state index contributed by atoms with van der Waals surface area (Å²) in [6, 6.07) is 11.2. The zero-order valence-corrected chi connectivity index (χ0v) is 13.5. The van der Waals surface area contributed by atoms with Crippen molar-refractivity contribution in [2.75, 3.05) is 19.8 Å². The number of piperidine rings is 1. The second kappa shape index (κ2) is 9.59. The van der Waals surface area contributed by atoms with Gasteiger partial charge in [-0.05, 0) is 44.7 Å². The monoisotopic (exact) mass is 304 g/mol. The molecule has 1 fully saturated rings. The van der Waals surface area contributed by atoms with E-state index in [9.17, 15) is 4.79 Å². The minimum atomic E-state index is 0.158. The van der Waals surface area contributed by atoms with Crippen molar-refractivity contribution in [1.82, 2.24) is 10.6 Å². The quantitative estimate of drug-likeness (QED) is 0.725. The Labute approximate surface area is 133 Å². The van der Waals surface area contributed by atoms with Crippen molar-refractivity contribution in [3.8, 4) is 0 Å². The first-order valence-corrected chi connectivity index (χ1v) is 8.38. The molecule has 0 bridgehead atoms. The molecule has 1 heterocycles. The lowest BCUT2D eigenvalue weighted by molar-refractivity contribution is -0.122. The first-order valence-electron chi connectivity index (χ1n) is 8.38. The van der Waals surface area contributed by atoms with Gasteiger partial charge in [0.15, 0.2) is 0 Å². The van der Waals surface area contributed by atoms with Gasteiger partial charge in [0.05, 0.1) is 6.61 Å². The lowest BCUT2D eigenvalue weighted by Crippen LogP contribution is -2.46. The van der Waals surface area contributed by atoms with Crippen LogP contribution in [0.4, 0.5) is 0 Å². The van der Waals surface area contributed by atoms with E-state index in [1.54, 1.807) is 0 Å². The largest absolute Gasteiger partial charge is 0.381 e. The molecule has 1 saturated heterocycles. The highest BCUT2D eigenvalue weighted by atomic mass is 16.5. The molecule has 2 atom stereocenters. The molecule has 122 valence electrons. The molecule has 0 radical (unpaired) electrons. The van der Waals surface area contributed by atoms with Gasteiger partial charge >= 0.3 is 0 Å². The van der Waals surface area contributed by atoms with E-state index < -0.39 is 0 Å². The lowest BCUT2D eigenvalue weighted by Gasteiger charge is -2.28. The van der Waals surface area contributed by atoms with E-state index in [2.05, 4.69) is 29.7 Å². The van der Waals surface area contributed by atoms with Gasteiger partial charge in [0.2, 0.25) is 5.91 Å². The lowest BCUT2D eigenvalue weighted by atomic mass is 10.0. The molecule has 2 rings (SSSR count). The third kappa shape index (κ3) is 6.58. The molecule has 2 N–H and O–H groups in total. The van der Waals surface area contributed by atoms with E-state index in [0.29, 0.717) is 25.1 Å². The summed E-state index contributed by atoms with van der Waals surface area (Å²) in [5, 5.41) is 6.53. The Kier molecular flexibility index (Phi) is 7.40. The molecule has 1 amide bonds. The Morgan fingerprint density at radius 2 is 2.14 bits per heavy atom. The van der Waals surface area contributed by atoms with Crippen LogP contribution in [0, 0.1) is 0 Å². The van der Waals surface area contributed by atoms with Gasteiger partial charge in [0, 0.05) is 25.1 Å². The summed E-state index contributed by atoms with van der Waals surface area (Å²) < 4.78 is 5.61. The normalized spacial score (nSPS) is 21.5. The number of ether oxygens (including phenoxy) is 1. The summed E-state index contributed by atoms with van der Waals surface area (Å²) in [4.78, 5) is 11.9. The summed E-state index contributed by atoms with van der Waals surface area (Å²) in [6.07, 6.45) is 4.34. The number of rotatable bonds is 8. The van der Waals surface area contributed by atoms with Crippen molar-refractivity contribution in [1.29, 1.82) is 0 Å². The molecule has 22 heavy (non-hydrogen) atoms. The van der Waals surface area contributed by atoms with Crippen molar-refractivity contribution < 1.29 is 9.53 Å². The van der Waals surface area contributed by atoms with Gasteiger partial charge in [-0.1, -0.05) is 30.3 Å². The van der Waals surface area contributed by atoms with E-state index in [4.69, 9.17) is 4.74 Å². The van der Waals surface area contributed by atoms with Crippen LogP contribution in [0.15, 0.2) is 30.3 Å². The van der Waals surface area contributed by atoms with Gasteiger partial charge < -0.3 is 15.4 Å². The van der Waals surface area contributed by atoms with Crippen molar-refractivity contribution in [3.63, 3.8) is 0 Å². The minimum absolute atomic E-state index is 0.158. The zero-order chi connectivity index (χ0) is 15.6. The van der Waals surface area contributed by atoms with Crippen molar-refractivity contribution >= 4 is 5.91 Å². The zero-order valence-electron chi connectivity index (χ0n) is 13.5. The second-order valence-corrected chi connectivity index (χ2v) is 6.10. The van der Waals surface area contributed by atoms with E-state index in [1.807, 2.05) is 18.2 Å². The number of nitrogens with one attached hydrogen (secondary N) is 2. The Bertz CT molecular complexity index is 436. The number of carbonyl (C=O) groups is 1. The third-order valence-corrected chi connectivity index (χ3v) is 4.06. The molecular weight excluding hydrogens is 276 g/mol. The van der Waals surface area contributed by atoms with Crippen molar-refractivity contribution in [3.05, 3.63) is 35.9 Å². The summed E-state index contributed by atoms with van der Waals surface area (Å²) in [6.45, 7) is 4.54. The van der Waals surface area contributed by atoms with Gasteiger partial charge in [-0.15, -0.1) is 0 Å². The van der Waals surface area contributed by atoms with Crippen LogP contribution in [0.2, 0.25) is 0 Å². The Morgan fingerprint density at radius 3 is 2.91 bits per heavy atom. The number of hydrogen-bond acceptors (Lipinski definition) is 3. The summed E-state index contributed by atoms with van der Waals surface area (Å²) in [5.74, 6) is 0.158. The molecule has 0 aliphatic carbocycles. The maximum absolute atomic E-state index is 11.9. The van der Waals surface area contributed by atoms with E-state index >= 15 is 0 Å². The summed E-state index contributed by atoms with van der Waals surface area (Å²) in [7, 11) is 0. The second-order valence-electron chi connectivity index (χ2n) is 6.10. The van der Waals surface area contributed by atoms with Crippen LogP contribution in [-0.2, 0) is 16.0 Å². The van der Waals surface area contributed by atoms with Gasteiger partial charge in [-0.25, -0.2) is 0 Å². The highest BCUT2D eigenvalue weighted by Crippen LogP contribution is 2.08. The summed E-state index contributed by atoms with van der Waals surface area (Å²) in [5.41, 5.74) is 1.29. The molecule has 1 aromatic rings. The maximum Gasteiger partial charge on any atom is 0.220 e. The molecule has 4 heteroatoms.